The lowest BCUT2D eigenvalue weighted by Crippen LogP contribution is -1.95. The van der Waals surface area contributed by atoms with Crippen molar-refractivity contribution in [3.8, 4) is 16.9 Å². The van der Waals surface area contributed by atoms with Gasteiger partial charge in [-0.3, -0.25) is 0 Å². The highest BCUT2D eigenvalue weighted by atomic mass is 35.5. The summed E-state index contributed by atoms with van der Waals surface area (Å²) in [5, 5.41) is 8.01. The molecule has 16 heavy (non-hydrogen) atoms. The number of rotatable bonds is 2. The van der Waals surface area contributed by atoms with Crippen LogP contribution in [0.15, 0.2) is 30.5 Å². The Balaban J connectivity index is 2.50. The largest absolute Gasteiger partial charge is 0.495 e. The Bertz CT molecular complexity index is 516. The summed E-state index contributed by atoms with van der Waals surface area (Å²) in [5.74, 6) is 1.01. The van der Waals surface area contributed by atoms with E-state index in [2.05, 4.69) is 10.2 Å². The Morgan fingerprint density at radius 3 is 2.75 bits per heavy atom. The Morgan fingerprint density at radius 1 is 1.31 bits per heavy atom. The normalized spacial score (nSPS) is 10.1. The van der Waals surface area contributed by atoms with Gasteiger partial charge in [-0.1, -0.05) is 17.7 Å². The Morgan fingerprint density at radius 2 is 2.12 bits per heavy atom. The number of benzene rings is 1. The topological polar surface area (TPSA) is 61.0 Å². The van der Waals surface area contributed by atoms with E-state index in [1.165, 1.54) is 0 Å². The Kier molecular flexibility index (Phi) is 2.92. The quantitative estimate of drug-likeness (QED) is 0.868. The van der Waals surface area contributed by atoms with Gasteiger partial charge < -0.3 is 10.5 Å². The van der Waals surface area contributed by atoms with Gasteiger partial charge in [-0.25, -0.2) is 0 Å². The minimum Gasteiger partial charge on any atom is -0.495 e. The van der Waals surface area contributed by atoms with E-state index in [-0.39, 0.29) is 0 Å². The van der Waals surface area contributed by atoms with Crippen molar-refractivity contribution < 1.29 is 4.74 Å². The second-order valence-corrected chi connectivity index (χ2v) is 3.59. The van der Waals surface area contributed by atoms with Crippen molar-refractivity contribution in [3.05, 3.63) is 35.5 Å². The molecule has 2 aromatic rings. The number of nitrogens with zero attached hydrogens (tertiary/aromatic N) is 2. The summed E-state index contributed by atoms with van der Waals surface area (Å²) in [6, 6.07) is 7.24. The molecule has 0 radical (unpaired) electrons. The van der Waals surface area contributed by atoms with E-state index in [1.54, 1.807) is 31.5 Å². The number of anilines is 1. The lowest BCUT2D eigenvalue weighted by Gasteiger charge is -2.07. The number of nitrogens with two attached hydrogens (primary N) is 1. The van der Waals surface area contributed by atoms with E-state index >= 15 is 0 Å². The summed E-state index contributed by atoms with van der Waals surface area (Å²) >= 11 is 6.03. The Hall–Kier alpha value is -1.81. The van der Waals surface area contributed by atoms with E-state index in [0.717, 1.165) is 11.1 Å². The van der Waals surface area contributed by atoms with E-state index in [0.29, 0.717) is 16.6 Å². The van der Waals surface area contributed by atoms with Crippen LogP contribution in [0.5, 0.6) is 5.75 Å². The molecule has 4 nitrogen and oxygen atoms in total. The van der Waals surface area contributed by atoms with Gasteiger partial charge in [0.05, 0.1) is 18.3 Å². The maximum atomic E-state index is 6.03. The van der Waals surface area contributed by atoms with Crippen molar-refractivity contribution in [2.24, 2.45) is 0 Å². The minimum absolute atomic E-state index is 0.378. The first-order valence-corrected chi connectivity index (χ1v) is 5.01. The maximum Gasteiger partial charge on any atom is 0.153 e. The molecule has 1 aromatic heterocycles. The molecular formula is C11H10ClN3O. The van der Waals surface area contributed by atoms with Crippen molar-refractivity contribution in [1.82, 2.24) is 10.2 Å². The van der Waals surface area contributed by atoms with Crippen LogP contribution >= 0.6 is 11.6 Å². The van der Waals surface area contributed by atoms with Crippen LogP contribution in [0.25, 0.3) is 11.1 Å². The van der Waals surface area contributed by atoms with Gasteiger partial charge in [0.2, 0.25) is 0 Å². The summed E-state index contributed by atoms with van der Waals surface area (Å²) in [6.45, 7) is 0. The van der Waals surface area contributed by atoms with Crippen LogP contribution in [0.3, 0.4) is 0 Å². The second kappa shape index (κ2) is 4.37. The molecule has 2 rings (SSSR count). The van der Waals surface area contributed by atoms with Crippen LogP contribution in [0.1, 0.15) is 0 Å². The zero-order valence-corrected chi connectivity index (χ0v) is 9.40. The third-order valence-electron chi connectivity index (χ3n) is 2.21. The number of hydrogen-bond donors (Lipinski definition) is 1. The van der Waals surface area contributed by atoms with Gasteiger partial charge in [-0.2, -0.15) is 5.10 Å². The highest BCUT2D eigenvalue weighted by Gasteiger charge is 2.06. The molecule has 2 N–H and O–H groups in total. The SMILES string of the molecule is COc1ccc(-c2ccnnc2N)cc1Cl. The fourth-order valence-electron chi connectivity index (χ4n) is 1.42. The average molecular weight is 236 g/mol. The van der Waals surface area contributed by atoms with Crippen molar-refractivity contribution >= 4 is 17.4 Å². The van der Waals surface area contributed by atoms with Crippen LogP contribution < -0.4 is 10.5 Å². The fourth-order valence-corrected chi connectivity index (χ4v) is 1.68. The smallest absolute Gasteiger partial charge is 0.153 e. The van der Waals surface area contributed by atoms with Gasteiger partial charge in [0.15, 0.2) is 5.82 Å². The van der Waals surface area contributed by atoms with Gasteiger partial charge in [0, 0.05) is 5.56 Å². The predicted octanol–water partition coefficient (Wildman–Crippen LogP) is 2.39. The lowest BCUT2D eigenvalue weighted by molar-refractivity contribution is 0.415. The standard InChI is InChI=1S/C11H10ClN3O/c1-16-10-3-2-7(6-9(10)12)8-4-5-14-15-11(8)13/h2-6H,1H3,(H2,13,15). The first-order chi connectivity index (χ1) is 7.72. The third-order valence-corrected chi connectivity index (χ3v) is 2.51. The number of nitrogen functional groups attached to an aromatic ring is 1. The van der Waals surface area contributed by atoms with Crippen LogP contribution in [0.4, 0.5) is 5.82 Å². The lowest BCUT2D eigenvalue weighted by atomic mass is 10.1. The number of ether oxygens (including phenoxy) is 1. The van der Waals surface area contributed by atoms with Crippen molar-refractivity contribution in [3.63, 3.8) is 0 Å². The van der Waals surface area contributed by atoms with Crippen LogP contribution in [-0.4, -0.2) is 17.3 Å². The number of halogens is 1. The van der Waals surface area contributed by atoms with Crippen molar-refractivity contribution in [2.75, 3.05) is 12.8 Å². The first kappa shape index (κ1) is 10.7. The predicted molar refractivity (Wildman–Crippen MR) is 63.4 cm³/mol. The summed E-state index contributed by atoms with van der Waals surface area (Å²) < 4.78 is 5.07. The summed E-state index contributed by atoms with van der Waals surface area (Å²) in [6.07, 6.45) is 1.59. The zero-order valence-electron chi connectivity index (χ0n) is 8.64. The molecule has 0 bridgehead atoms. The van der Waals surface area contributed by atoms with Gasteiger partial charge in [-0.05, 0) is 23.8 Å². The summed E-state index contributed by atoms with van der Waals surface area (Å²) in [5.41, 5.74) is 7.42. The Labute approximate surface area is 98.0 Å². The molecule has 1 heterocycles. The molecule has 0 amide bonds. The van der Waals surface area contributed by atoms with E-state index in [9.17, 15) is 0 Å². The van der Waals surface area contributed by atoms with Gasteiger partial charge in [0.25, 0.3) is 0 Å². The third kappa shape index (κ3) is 1.92. The zero-order chi connectivity index (χ0) is 11.5. The van der Waals surface area contributed by atoms with Crippen LogP contribution in [0, 0.1) is 0 Å². The molecule has 0 saturated carbocycles. The molecule has 5 heteroatoms. The molecule has 0 aliphatic carbocycles. The fraction of sp³-hybridized carbons (Fsp3) is 0.0909. The van der Waals surface area contributed by atoms with Crippen molar-refractivity contribution in [2.45, 2.75) is 0 Å². The molecular weight excluding hydrogens is 226 g/mol. The van der Waals surface area contributed by atoms with Crippen LogP contribution in [-0.2, 0) is 0 Å². The summed E-state index contributed by atoms with van der Waals surface area (Å²) in [4.78, 5) is 0. The maximum absolute atomic E-state index is 6.03. The molecule has 0 aliphatic heterocycles. The van der Waals surface area contributed by atoms with Gasteiger partial charge >= 0.3 is 0 Å². The van der Waals surface area contributed by atoms with Crippen molar-refractivity contribution in [1.29, 1.82) is 0 Å². The molecule has 0 unspecified atom stereocenters. The molecule has 82 valence electrons. The van der Waals surface area contributed by atoms with E-state index in [4.69, 9.17) is 22.1 Å². The molecule has 1 aromatic carbocycles. The van der Waals surface area contributed by atoms with E-state index < -0.39 is 0 Å². The summed E-state index contributed by atoms with van der Waals surface area (Å²) in [7, 11) is 1.57. The number of hydrogen-bond acceptors (Lipinski definition) is 4. The molecule has 0 fully saturated rings. The molecule has 0 atom stereocenters. The highest BCUT2D eigenvalue weighted by Crippen LogP contribution is 2.31. The molecule has 0 aliphatic rings. The first-order valence-electron chi connectivity index (χ1n) is 4.63. The average Bonchev–Trinajstić information content (AvgIpc) is 2.29. The minimum atomic E-state index is 0.378. The van der Waals surface area contributed by atoms with E-state index in [1.807, 2.05) is 6.07 Å². The number of methoxy groups -OCH3 is 1. The molecule has 0 spiro atoms. The second-order valence-electron chi connectivity index (χ2n) is 3.18. The highest BCUT2D eigenvalue weighted by molar-refractivity contribution is 6.32. The van der Waals surface area contributed by atoms with Crippen LogP contribution in [0.2, 0.25) is 5.02 Å². The van der Waals surface area contributed by atoms with Gasteiger partial charge in [-0.15, -0.1) is 5.10 Å². The van der Waals surface area contributed by atoms with Gasteiger partial charge in [0.1, 0.15) is 5.75 Å². The number of aromatic nitrogens is 2. The monoisotopic (exact) mass is 235 g/mol. The molecule has 0 saturated heterocycles.